The maximum Gasteiger partial charge on any atom is 0.328 e. The summed E-state index contributed by atoms with van der Waals surface area (Å²) in [6.45, 7) is 2.22. The molecule has 0 aliphatic carbocycles. The van der Waals surface area contributed by atoms with Crippen LogP contribution in [-0.2, 0) is 4.79 Å². The van der Waals surface area contributed by atoms with E-state index in [1.54, 1.807) is 6.08 Å². The normalized spacial score (nSPS) is 16.9. The maximum absolute atomic E-state index is 10.6. The molecule has 1 N–H and O–H groups in total. The molecule has 0 saturated carbocycles. The first-order chi connectivity index (χ1) is 9.66. The predicted octanol–water partition coefficient (Wildman–Crippen LogP) is 4.32. The van der Waals surface area contributed by atoms with Gasteiger partial charge in [0.15, 0.2) is 0 Å². The standard InChI is InChI=1S/C16H20BrNO2/c17-15-12-14(8-6-13(15)7-9-16(19)20)18-10-4-2-1-3-5-11-18/h6-9,12H,1-5,10-11H2,(H,19,20)/b9-7+. The molecule has 4 heteroatoms. The Hall–Kier alpha value is -1.29. The Balaban J connectivity index is 2.12. The zero-order valence-electron chi connectivity index (χ0n) is 11.5. The molecule has 1 heterocycles. The quantitative estimate of drug-likeness (QED) is 0.835. The number of nitrogens with zero attached hydrogens (tertiary/aromatic N) is 1. The molecule has 1 fully saturated rings. The van der Waals surface area contributed by atoms with Crippen molar-refractivity contribution in [1.29, 1.82) is 0 Å². The number of carboxylic acid groups (broad SMARTS) is 1. The molecule has 0 aromatic heterocycles. The van der Waals surface area contributed by atoms with E-state index in [2.05, 4.69) is 33.0 Å². The van der Waals surface area contributed by atoms with Gasteiger partial charge in [0.05, 0.1) is 0 Å². The Morgan fingerprint density at radius 3 is 2.40 bits per heavy atom. The van der Waals surface area contributed by atoms with Crippen molar-refractivity contribution in [2.45, 2.75) is 32.1 Å². The van der Waals surface area contributed by atoms with Crippen molar-refractivity contribution in [3.8, 4) is 0 Å². The summed E-state index contributed by atoms with van der Waals surface area (Å²) in [6.07, 6.45) is 9.26. The fourth-order valence-electron chi connectivity index (χ4n) is 2.51. The molecule has 20 heavy (non-hydrogen) atoms. The smallest absolute Gasteiger partial charge is 0.328 e. The number of carboxylic acids is 1. The third-order valence-corrected chi connectivity index (χ3v) is 4.30. The van der Waals surface area contributed by atoms with Crippen molar-refractivity contribution in [3.63, 3.8) is 0 Å². The highest BCUT2D eigenvalue weighted by atomic mass is 79.9. The van der Waals surface area contributed by atoms with E-state index in [9.17, 15) is 4.79 Å². The number of benzene rings is 1. The lowest BCUT2D eigenvalue weighted by Gasteiger charge is -2.27. The average Bonchev–Trinajstić information content (AvgIpc) is 2.36. The summed E-state index contributed by atoms with van der Waals surface area (Å²) in [6, 6.07) is 6.13. The lowest BCUT2D eigenvalue weighted by atomic mass is 10.1. The Bertz CT molecular complexity index is 491. The van der Waals surface area contributed by atoms with Crippen molar-refractivity contribution in [3.05, 3.63) is 34.3 Å². The molecule has 2 rings (SSSR count). The molecule has 0 atom stereocenters. The Labute approximate surface area is 128 Å². The van der Waals surface area contributed by atoms with Crippen LogP contribution in [0.3, 0.4) is 0 Å². The van der Waals surface area contributed by atoms with Gasteiger partial charge in [-0.2, -0.15) is 0 Å². The number of halogens is 1. The third-order valence-electron chi connectivity index (χ3n) is 3.61. The number of hydrogen-bond donors (Lipinski definition) is 1. The van der Waals surface area contributed by atoms with Gasteiger partial charge in [-0.05, 0) is 36.6 Å². The summed E-state index contributed by atoms with van der Waals surface area (Å²) >= 11 is 3.53. The van der Waals surface area contributed by atoms with Gasteiger partial charge in [0.25, 0.3) is 0 Å². The molecule has 3 nitrogen and oxygen atoms in total. The monoisotopic (exact) mass is 337 g/mol. The van der Waals surface area contributed by atoms with E-state index in [1.165, 1.54) is 37.8 Å². The van der Waals surface area contributed by atoms with Crippen molar-refractivity contribution < 1.29 is 9.90 Å². The van der Waals surface area contributed by atoms with Crippen LogP contribution >= 0.6 is 15.9 Å². The first-order valence-corrected chi connectivity index (χ1v) is 7.91. The van der Waals surface area contributed by atoms with Crippen molar-refractivity contribution in [2.75, 3.05) is 18.0 Å². The number of aliphatic carboxylic acids is 1. The zero-order chi connectivity index (χ0) is 14.4. The van der Waals surface area contributed by atoms with Gasteiger partial charge in [-0.1, -0.05) is 41.3 Å². The molecule has 0 unspecified atom stereocenters. The molecule has 0 amide bonds. The molecular weight excluding hydrogens is 318 g/mol. The Kier molecular flexibility index (Phi) is 5.65. The van der Waals surface area contributed by atoms with Gasteiger partial charge in [-0.25, -0.2) is 4.79 Å². The van der Waals surface area contributed by atoms with Gasteiger partial charge in [0.2, 0.25) is 0 Å². The van der Waals surface area contributed by atoms with Crippen molar-refractivity contribution >= 4 is 33.7 Å². The minimum absolute atomic E-state index is 0.892. The van der Waals surface area contributed by atoms with Crippen molar-refractivity contribution in [1.82, 2.24) is 0 Å². The van der Waals surface area contributed by atoms with E-state index in [0.717, 1.165) is 29.2 Å². The van der Waals surface area contributed by atoms with Gasteiger partial charge in [0, 0.05) is 29.3 Å². The van der Waals surface area contributed by atoms with Gasteiger partial charge in [-0.15, -0.1) is 0 Å². The second-order valence-corrected chi connectivity index (χ2v) is 5.99. The highest BCUT2D eigenvalue weighted by Crippen LogP contribution is 2.26. The highest BCUT2D eigenvalue weighted by molar-refractivity contribution is 9.10. The molecule has 0 radical (unpaired) electrons. The largest absolute Gasteiger partial charge is 0.478 e. The Morgan fingerprint density at radius 2 is 1.80 bits per heavy atom. The molecule has 1 saturated heterocycles. The van der Waals surface area contributed by atoms with E-state index in [1.807, 2.05) is 6.07 Å². The lowest BCUT2D eigenvalue weighted by Crippen LogP contribution is -2.26. The maximum atomic E-state index is 10.6. The molecule has 0 bridgehead atoms. The minimum Gasteiger partial charge on any atom is -0.478 e. The number of hydrogen-bond acceptors (Lipinski definition) is 2. The van der Waals surface area contributed by atoms with Crippen molar-refractivity contribution in [2.24, 2.45) is 0 Å². The van der Waals surface area contributed by atoms with Gasteiger partial charge >= 0.3 is 5.97 Å². The number of carbonyl (C=O) groups is 1. The van der Waals surface area contributed by atoms with Crippen LogP contribution in [0.15, 0.2) is 28.7 Å². The topological polar surface area (TPSA) is 40.5 Å². The van der Waals surface area contributed by atoms with Gasteiger partial charge in [0.1, 0.15) is 0 Å². The van der Waals surface area contributed by atoms with Crippen LogP contribution < -0.4 is 4.90 Å². The first kappa shape index (κ1) is 15.1. The first-order valence-electron chi connectivity index (χ1n) is 7.12. The fourth-order valence-corrected chi connectivity index (χ4v) is 3.01. The number of anilines is 1. The van der Waals surface area contributed by atoms with Crippen LogP contribution in [0.1, 0.15) is 37.7 Å². The minimum atomic E-state index is -0.926. The third kappa shape index (κ3) is 4.37. The predicted molar refractivity (Wildman–Crippen MR) is 86.1 cm³/mol. The van der Waals surface area contributed by atoms with E-state index in [4.69, 9.17) is 5.11 Å². The summed E-state index contributed by atoms with van der Waals surface area (Å²) in [5.41, 5.74) is 2.11. The van der Waals surface area contributed by atoms with Gasteiger partial charge < -0.3 is 10.0 Å². The molecule has 1 aliphatic heterocycles. The van der Waals surface area contributed by atoms with E-state index in [-0.39, 0.29) is 0 Å². The zero-order valence-corrected chi connectivity index (χ0v) is 13.1. The number of rotatable bonds is 3. The van der Waals surface area contributed by atoms with Crippen LogP contribution in [0.5, 0.6) is 0 Å². The summed E-state index contributed by atoms with van der Waals surface area (Å²) in [5.74, 6) is -0.926. The van der Waals surface area contributed by atoms with E-state index < -0.39 is 5.97 Å². The van der Waals surface area contributed by atoms with Crippen LogP contribution in [0, 0.1) is 0 Å². The van der Waals surface area contributed by atoms with Crippen LogP contribution in [-0.4, -0.2) is 24.2 Å². The molecule has 1 aromatic carbocycles. The molecular formula is C16H20BrNO2. The summed E-state index contributed by atoms with van der Waals surface area (Å²) in [5, 5.41) is 8.67. The second-order valence-electron chi connectivity index (χ2n) is 5.13. The molecule has 108 valence electrons. The SMILES string of the molecule is O=C(O)/C=C/c1ccc(N2CCCCCCC2)cc1Br. The van der Waals surface area contributed by atoms with Gasteiger partial charge in [-0.3, -0.25) is 0 Å². The average molecular weight is 338 g/mol. The highest BCUT2D eigenvalue weighted by Gasteiger charge is 2.10. The summed E-state index contributed by atoms with van der Waals surface area (Å²) < 4.78 is 0.939. The second kappa shape index (κ2) is 7.48. The van der Waals surface area contributed by atoms with E-state index in [0.29, 0.717) is 0 Å². The summed E-state index contributed by atoms with van der Waals surface area (Å²) in [7, 11) is 0. The fraction of sp³-hybridized carbons (Fsp3) is 0.438. The molecule has 0 spiro atoms. The lowest BCUT2D eigenvalue weighted by molar-refractivity contribution is -0.131. The molecule has 1 aliphatic rings. The van der Waals surface area contributed by atoms with Crippen LogP contribution in [0.25, 0.3) is 6.08 Å². The van der Waals surface area contributed by atoms with Crippen LogP contribution in [0.4, 0.5) is 5.69 Å². The van der Waals surface area contributed by atoms with Crippen LogP contribution in [0.2, 0.25) is 0 Å². The van der Waals surface area contributed by atoms with E-state index >= 15 is 0 Å². The molecule has 1 aromatic rings. The summed E-state index contributed by atoms with van der Waals surface area (Å²) in [4.78, 5) is 13.0. The Morgan fingerprint density at radius 1 is 1.15 bits per heavy atom.